The zero-order chi connectivity index (χ0) is 20.0. The summed E-state index contributed by atoms with van der Waals surface area (Å²) in [4.78, 5) is 11.1. The third-order valence-electron chi connectivity index (χ3n) is 3.93. The van der Waals surface area contributed by atoms with Gasteiger partial charge < -0.3 is 4.74 Å². The molecule has 0 saturated carbocycles. The Morgan fingerprint density at radius 1 is 0.960 bits per heavy atom. The van der Waals surface area contributed by atoms with E-state index in [0.29, 0.717) is 0 Å². The summed E-state index contributed by atoms with van der Waals surface area (Å²) in [5.74, 6) is -0.331. The lowest BCUT2D eigenvalue weighted by molar-refractivity contribution is -0.134. The molecule has 0 rings (SSSR count). The lowest BCUT2D eigenvalue weighted by Crippen LogP contribution is -2.13. The Bertz CT molecular complexity index is 549. The number of allylic oxidation sites excluding steroid dienone is 9. The van der Waals surface area contributed by atoms with Crippen LogP contribution in [0, 0.1) is 5.41 Å². The van der Waals surface area contributed by atoms with Gasteiger partial charge in [-0.2, -0.15) is 0 Å². The summed E-state index contributed by atoms with van der Waals surface area (Å²) in [6.07, 6.45) is 12.8. The maximum atomic E-state index is 11.1. The molecule has 0 N–H and O–H groups in total. The molecule has 0 aliphatic carbocycles. The third-order valence-corrected chi connectivity index (χ3v) is 3.93. The second-order valence-corrected chi connectivity index (χ2v) is 6.67. The molecule has 0 amide bonds. The van der Waals surface area contributed by atoms with Gasteiger partial charge in [0.25, 0.3) is 0 Å². The Morgan fingerprint density at radius 3 is 1.96 bits per heavy atom. The lowest BCUT2D eigenvalue weighted by Gasteiger charge is -2.26. The highest BCUT2D eigenvalue weighted by Crippen LogP contribution is 2.33. The van der Waals surface area contributed by atoms with Crippen molar-refractivity contribution in [1.29, 1.82) is 0 Å². The molecule has 25 heavy (non-hydrogen) atoms. The molecular weight excluding hydrogens is 308 g/mol. The van der Waals surface area contributed by atoms with Crippen LogP contribution in [0.15, 0.2) is 58.7 Å². The van der Waals surface area contributed by atoms with Gasteiger partial charge in [-0.25, -0.2) is 4.79 Å². The van der Waals surface area contributed by atoms with Crippen molar-refractivity contribution in [2.75, 3.05) is 7.11 Å². The van der Waals surface area contributed by atoms with E-state index < -0.39 is 0 Å². The highest BCUT2D eigenvalue weighted by Gasteiger charge is 2.19. The highest BCUT2D eigenvalue weighted by molar-refractivity contribution is 5.83. The number of esters is 1. The number of hydrogen-bond acceptors (Lipinski definition) is 2. The second kappa shape index (κ2) is 13.5. The topological polar surface area (TPSA) is 26.3 Å². The molecule has 0 unspecified atom stereocenters. The Labute approximate surface area is 156 Å². The first kappa shape index (κ1) is 25.4. The normalized spacial score (nSPS) is 12.9. The van der Waals surface area contributed by atoms with Gasteiger partial charge in [0.1, 0.15) is 0 Å². The molecule has 0 radical (unpaired) electrons. The number of rotatable bonds is 7. The van der Waals surface area contributed by atoms with Gasteiger partial charge in [-0.1, -0.05) is 76.1 Å². The number of carbonyl (C=O) groups excluding carboxylic acids is 1. The third kappa shape index (κ3) is 11.4. The Hall–Kier alpha value is -1.83. The van der Waals surface area contributed by atoms with E-state index in [9.17, 15) is 4.79 Å². The molecule has 0 bridgehead atoms. The van der Waals surface area contributed by atoms with Crippen molar-refractivity contribution in [3.8, 4) is 0 Å². The minimum atomic E-state index is -0.331. The van der Waals surface area contributed by atoms with Crippen molar-refractivity contribution in [2.45, 2.75) is 68.7 Å². The minimum absolute atomic E-state index is 0.186. The van der Waals surface area contributed by atoms with Crippen LogP contribution in [0.3, 0.4) is 0 Å². The lowest BCUT2D eigenvalue weighted by atomic mass is 9.79. The molecule has 0 spiro atoms. The van der Waals surface area contributed by atoms with E-state index in [1.165, 1.54) is 24.3 Å². The summed E-state index contributed by atoms with van der Waals surface area (Å²) in [5, 5.41) is 0. The van der Waals surface area contributed by atoms with Crippen LogP contribution in [0.4, 0.5) is 0 Å². The van der Waals surface area contributed by atoms with Gasteiger partial charge in [-0.05, 0) is 50.7 Å². The van der Waals surface area contributed by atoms with Crippen molar-refractivity contribution < 1.29 is 9.53 Å². The molecule has 0 atom stereocenters. The minimum Gasteiger partial charge on any atom is -0.466 e. The summed E-state index contributed by atoms with van der Waals surface area (Å²) in [6, 6.07) is 0. The molecule has 0 aromatic rings. The Balaban J connectivity index is 0. The number of carbonyl (C=O) groups is 1. The molecule has 0 saturated heterocycles. The molecule has 2 heteroatoms. The first-order valence-corrected chi connectivity index (χ1v) is 9.11. The van der Waals surface area contributed by atoms with Gasteiger partial charge in [0.15, 0.2) is 0 Å². The second-order valence-electron chi connectivity index (χ2n) is 6.67. The van der Waals surface area contributed by atoms with Crippen LogP contribution >= 0.6 is 0 Å². The summed E-state index contributed by atoms with van der Waals surface area (Å²) in [5.41, 5.74) is 4.96. The fourth-order valence-electron chi connectivity index (χ4n) is 2.17. The van der Waals surface area contributed by atoms with Gasteiger partial charge in [0, 0.05) is 6.08 Å². The summed E-state index contributed by atoms with van der Waals surface area (Å²) in [6.45, 7) is 19.0. The van der Waals surface area contributed by atoms with Crippen LogP contribution in [-0.2, 0) is 9.53 Å². The first-order chi connectivity index (χ1) is 11.6. The monoisotopic (exact) mass is 346 g/mol. The molecule has 0 fully saturated rings. The smallest absolute Gasteiger partial charge is 0.330 e. The van der Waals surface area contributed by atoms with Crippen molar-refractivity contribution in [3.63, 3.8) is 0 Å². The van der Waals surface area contributed by atoms with E-state index in [1.54, 1.807) is 0 Å². The molecule has 0 aliphatic heterocycles. The molecular formula is C23H38O2. The van der Waals surface area contributed by atoms with Crippen molar-refractivity contribution >= 4 is 5.97 Å². The highest BCUT2D eigenvalue weighted by atomic mass is 16.5. The van der Waals surface area contributed by atoms with Crippen LogP contribution in [0.1, 0.15) is 68.7 Å². The number of ether oxygens (including phenoxy) is 1. The average Bonchev–Trinajstić information content (AvgIpc) is 2.56. The largest absolute Gasteiger partial charge is 0.466 e. The summed E-state index contributed by atoms with van der Waals surface area (Å²) < 4.78 is 4.60. The van der Waals surface area contributed by atoms with E-state index in [-0.39, 0.29) is 11.4 Å². The van der Waals surface area contributed by atoms with E-state index in [0.717, 1.165) is 17.6 Å². The predicted molar refractivity (Wildman–Crippen MR) is 112 cm³/mol. The Kier molecular flexibility index (Phi) is 13.7. The van der Waals surface area contributed by atoms with Crippen LogP contribution in [0.2, 0.25) is 0 Å². The average molecular weight is 347 g/mol. The fourth-order valence-corrected chi connectivity index (χ4v) is 2.17. The summed E-state index contributed by atoms with van der Waals surface area (Å²) >= 11 is 0. The predicted octanol–water partition coefficient (Wildman–Crippen LogP) is 6.96. The standard InChI is InChI=1S/C21H32O2.C2H6/c1-9-21(6,7)19(16(2)3)14-13-17(4)11-10-12-18(5)15-20(22)23-8;1-2/h10-15H,9H2,1-8H3;1-2H3/b12-10+,14-13+,17-11+,18-15+;. The van der Waals surface area contributed by atoms with Gasteiger partial charge in [-0.3, -0.25) is 0 Å². The molecule has 142 valence electrons. The zero-order valence-corrected chi connectivity index (χ0v) is 18.0. The van der Waals surface area contributed by atoms with Gasteiger partial charge in [-0.15, -0.1) is 0 Å². The number of methoxy groups -OCH3 is 1. The maximum absolute atomic E-state index is 11.1. The molecule has 0 heterocycles. The van der Waals surface area contributed by atoms with E-state index in [2.05, 4.69) is 58.4 Å². The van der Waals surface area contributed by atoms with Crippen molar-refractivity contribution in [3.05, 3.63) is 58.7 Å². The van der Waals surface area contributed by atoms with Crippen molar-refractivity contribution in [1.82, 2.24) is 0 Å². The molecule has 0 aliphatic rings. The van der Waals surface area contributed by atoms with Crippen LogP contribution in [0.5, 0.6) is 0 Å². The molecule has 0 aromatic heterocycles. The SMILES string of the molecule is CC.CCC(C)(C)C(/C=C/C(C)=C/C=C/C(C)=C/C(=O)OC)=C(C)C. The van der Waals surface area contributed by atoms with Crippen LogP contribution in [-0.4, -0.2) is 13.1 Å². The Morgan fingerprint density at radius 2 is 1.52 bits per heavy atom. The zero-order valence-electron chi connectivity index (χ0n) is 18.0. The number of hydrogen-bond donors (Lipinski definition) is 0. The summed E-state index contributed by atoms with van der Waals surface area (Å²) in [7, 11) is 1.38. The van der Waals surface area contributed by atoms with Crippen molar-refractivity contribution in [2.24, 2.45) is 5.41 Å². The quantitative estimate of drug-likeness (QED) is 0.283. The maximum Gasteiger partial charge on any atom is 0.330 e. The molecule has 0 aromatic carbocycles. The van der Waals surface area contributed by atoms with Gasteiger partial charge in [0.2, 0.25) is 0 Å². The fraction of sp³-hybridized carbons (Fsp3) is 0.522. The van der Waals surface area contributed by atoms with E-state index >= 15 is 0 Å². The van der Waals surface area contributed by atoms with Crippen LogP contribution < -0.4 is 0 Å². The van der Waals surface area contributed by atoms with Gasteiger partial charge >= 0.3 is 5.97 Å². The van der Waals surface area contributed by atoms with Crippen LogP contribution in [0.25, 0.3) is 0 Å². The van der Waals surface area contributed by atoms with E-state index in [4.69, 9.17) is 0 Å². The molecule has 2 nitrogen and oxygen atoms in total. The van der Waals surface area contributed by atoms with E-state index in [1.807, 2.05) is 39.0 Å². The van der Waals surface area contributed by atoms with Gasteiger partial charge in [0.05, 0.1) is 7.11 Å². The first-order valence-electron chi connectivity index (χ1n) is 9.11.